The van der Waals surface area contributed by atoms with E-state index in [9.17, 15) is 4.79 Å². The van der Waals surface area contributed by atoms with Crippen LogP contribution in [-0.4, -0.2) is 34.5 Å². The Kier molecular flexibility index (Phi) is 4.64. The summed E-state index contributed by atoms with van der Waals surface area (Å²) in [6.45, 7) is 2.05. The molecule has 15 heavy (non-hydrogen) atoms. The Hall–Kier alpha value is -1.01. The first-order chi connectivity index (χ1) is 7.19. The van der Waals surface area contributed by atoms with E-state index in [1.54, 1.807) is 0 Å². The number of nitrogens with one attached hydrogen (secondary N) is 1. The van der Waals surface area contributed by atoms with Gasteiger partial charge < -0.3 is 14.8 Å². The molecular weight excluding hydrogens is 216 g/mol. The van der Waals surface area contributed by atoms with Crippen molar-refractivity contribution in [3.63, 3.8) is 0 Å². The lowest BCUT2D eigenvalue weighted by Crippen LogP contribution is -2.12. The molecule has 1 rings (SSSR count). The van der Waals surface area contributed by atoms with Gasteiger partial charge in [0, 0.05) is 12.4 Å². The minimum atomic E-state index is -0.286. The number of aromatic amines is 1. The highest BCUT2D eigenvalue weighted by Gasteiger charge is 2.10. The number of rotatable bonds is 5. The SMILES string of the molecule is COc1c(SCC(C)CO)nc[nH]c1=O. The minimum absolute atomic E-state index is 0.124. The molecule has 0 fully saturated rings. The minimum Gasteiger partial charge on any atom is -0.489 e. The first kappa shape index (κ1) is 12.1. The Labute approximate surface area is 91.9 Å². The molecule has 0 radical (unpaired) electrons. The lowest BCUT2D eigenvalue weighted by Gasteiger charge is -2.08. The molecule has 1 aromatic heterocycles. The highest BCUT2D eigenvalue weighted by molar-refractivity contribution is 7.99. The summed E-state index contributed by atoms with van der Waals surface area (Å²) in [6.07, 6.45) is 1.34. The summed E-state index contributed by atoms with van der Waals surface area (Å²) in [5.41, 5.74) is -0.286. The van der Waals surface area contributed by atoms with Gasteiger partial charge in [-0.15, -0.1) is 11.8 Å². The molecule has 1 atom stereocenters. The smallest absolute Gasteiger partial charge is 0.294 e. The molecule has 0 saturated carbocycles. The Balaban J connectivity index is 2.76. The summed E-state index contributed by atoms with van der Waals surface area (Å²) < 4.78 is 4.95. The first-order valence-corrected chi connectivity index (χ1v) is 5.53. The van der Waals surface area contributed by atoms with Crippen LogP contribution in [0.3, 0.4) is 0 Å². The van der Waals surface area contributed by atoms with Crippen LogP contribution < -0.4 is 10.3 Å². The summed E-state index contributed by atoms with van der Waals surface area (Å²) in [6, 6.07) is 0. The maximum atomic E-state index is 11.3. The predicted octanol–water partition coefficient (Wildman–Crippen LogP) is 0.499. The van der Waals surface area contributed by atoms with Gasteiger partial charge in [-0.25, -0.2) is 4.98 Å². The van der Waals surface area contributed by atoms with E-state index in [2.05, 4.69) is 9.97 Å². The normalized spacial score (nSPS) is 12.5. The molecule has 1 aromatic rings. The van der Waals surface area contributed by atoms with Crippen molar-refractivity contribution in [3.05, 3.63) is 16.7 Å². The van der Waals surface area contributed by atoms with Crippen LogP contribution in [0.5, 0.6) is 5.75 Å². The number of aliphatic hydroxyl groups excluding tert-OH is 1. The number of ether oxygens (including phenoxy) is 1. The van der Waals surface area contributed by atoms with E-state index in [-0.39, 0.29) is 23.8 Å². The monoisotopic (exact) mass is 230 g/mol. The van der Waals surface area contributed by atoms with E-state index >= 15 is 0 Å². The van der Waals surface area contributed by atoms with Gasteiger partial charge >= 0.3 is 0 Å². The van der Waals surface area contributed by atoms with Gasteiger partial charge in [-0.2, -0.15) is 0 Å². The maximum Gasteiger partial charge on any atom is 0.294 e. The van der Waals surface area contributed by atoms with E-state index in [0.717, 1.165) is 0 Å². The molecule has 1 unspecified atom stereocenters. The number of methoxy groups -OCH3 is 1. The second-order valence-corrected chi connectivity index (χ2v) is 4.18. The molecule has 0 aliphatic rings. The Bertz CT molecular complexity index is 367. The molecule has 6 heteroatoms. The van der Waals surface area contributed by atoms with Crippen molar-refractivity contribution in [2.24, 2.45) is 5.92 Å². The van der Waals surface area contributed by atoms with Crippen molar-refractivity contribution < 1.29 is 9.84 Å². The third-order valence-corrected chi connectivity index (χ3v) is 3.10. The molecule has 5 nitrogen and oxygen atoms in total. The predicted molar refractivity (Wildman–Crippen MR) is 58.4 cm³/mol. The van der Waals surface area contributed by atoms with Crippen LogP contribution in [0.15, 0.2) is 16.1 Å². The fourth-order valence-electron chi connectivity index (χ4n) is 0.928. The molecular formula is C9H14N2O3S. The van der Waals surface area contributed by atoms with Gasteiger partial charge in [-0.3, -0.25) is 4.79 Å². The standard InChI is InChI=1S/C9H14N2O3S/c1-6(3-12)4-15-9-7(14-2)8(13)10-5-11-9/h5-6,12H,3-4H2,1-2H3,(H,10,11,13). The molecule has 84 valence electrons. The van der Waals surface area contributed by atoms with Crippen LogP contribution in [-0.2, 0) is 0 Å². The molecule has 0 aliphatic heterocycles. The van der Waals surface area contributed by atoms with Crippen LogP contribution in [0.25, 0.3) is 0 Å². The van der Waals surface area contributed by atoms with Crippen LogP contribution >= 0.6 is 11.8 Å². The lowest BCUT2D eigenvalue weighted by atomic mass is 10.2. The average Bonchev–Trinajstić information content (AvgIpc) is 2.25. The van der Waals surface area contributed by atoms with Gasteiger partial charge in [0.2, 0.25) is 5.75 Å². The van der Waals surface area contributed by atoms with Crippen LogP contribution in [0.4, 0.5) is 0 Å². The van der Waals surface area contributed by atoms with Crippen molar-refractivity contribution >= 4 is 11.8 Å². The summed E-state index contributed by atoms with van der Waals surface area (Å²) in [4.78, 5) is 17.8. The number of aromatic nitrogens is 2. The molecule has 1 heterocycles. The summed E-state index contributed by atoms with van der Waals surface area (Å²) in [5.74, 6) is 1.09. The van der Waals surface area contributed by atoms with Crippen LogP contribution in [0, 0.1) is 5.92 Å². The van der Waals surface area contributed by atoms with E-state index in [1.807, 2.05) is 6.92 Å². The van der Waals surface area contributed by atoms with Gasteiger partial charge in [0.05, 0.1) is 13.4 Å². The van der Waals surface area contributed by atoms with Crippen LogP contribution in [0.2, 0.25) is 0 Å². The van der Waals surface area contributed by atoms with Gasteiger partial charge in [0.15, 0.2) is 0 Å². The van der Waals surface area contributed by atoms with Gasteiger partial charge in [-0.05, 0) is 5.92 Å². The molecule has 0 saturated heterocycles. The zero-order valence-corrected chi connectivity index (χ0v) is 9.50. The quantitative estimate of drug-likeness (QED) is 0.569. The molecule has 0 amide bonds. The van der Waals surface area contributed by atoms with Crippen molar-refractivity contribution in [1.29, 1.82) is 0 Å². The zero-order chi connectivity index (χ0) is 11.3. The number of H-pyrrole nitrogens is 1. The molecule has 0 aliphatic carbocycles. The zero-order valence-electron chi connectivity index (χ0n) is 8.69. The van der Waals surface area contributed by atoms with Crippen molar-refractivity contribution in [2.45, 2.75) is 11.9 Å². The Morgan fingerprint density at radius 3 is 3.07 bits per heavy atom. The first-order valence-electron chi connectivity index (χ1n) is 4.54. The number of aliphatic hydroxyl groups is 1. The van der Waals surface area contributed by atoms with E-state index < -0.39 is 0 Å². The van der Waals surface area contributed by atoms with Crippen molar-refractivity contribution in [2.75, 3.05) is 19.5 Å². The molecule has 0 bridgehead atoms. The van der Waals surface area contributed by atoms with E-state index in [0.29, 0.717) is 10.8 Å². The van der Waals surface area contributed by atoms with Gasteiger partial charge in [0.1, 0.15) is 5.03 Å². The largest absolute Gasteiger partial charge is 0.489 e. The maximum absolute atomic E-state index is 11.3. The van der Waals surface area contributed by atoms with Crippen LogP contribution in [0.1, 0.15) is 6.92 Å². The molecule has 0 aromatic carbocycles. The van der Waals surface area contributed by atoms with Gasteiger partial charge in [-0.1, -0.05) is 6.92 Å². The number of thioether (sulfide) groups is 1. The second-order valence-electron chi connectivity index (χ2n) is 3.17. The Morgan fingerprint density at radius 2 is 2.47 bits per heavy atom. The third-order valence-electron chi connectivity index (χ3n) is 1.80. The molecule has 0 spiro atoms. The number of hydrogen-bond donors (Lipinski definition) is 2. The van der Waals surface area contributed by atoms with E-state index in [4.69, 9.17) is 9.84 Å². The highest BCUT2D eigenvalue weighted by atomic mass is 32.2. The molecule has 2 N–H and O–H groups in total. The Morgan fingerprint density at radius 1 is 1.73 bits per heavy atom. The summed E-state index contributed by atoms with van der Waals surface area (Å²) in [5, 5.41) is 9.42. The summed E-state index contributed by atoms with van der Waals surface area (Å²) >= 11 is 1.40. The average molecular weight is 230 g/mol. The lowest BCUT2D eigenvalue weighted by molar-refractivity contribution is 0.250. The van der Waals surface area contributed by atoms with Gasteiger partial charge in [0.25, 0.3) is 5.56 Å². The topological polar surface area (TPSA) is 75.2 Å². The van der Waals surface area contributed by atoms with E-state index in [1.165, 1.54) is 25.2 Å². The fraction of sp³-hybridized carbons (Fsp3) is 0.556. The number of hydrogen-bond acceptors (Lipinski definition) is 5. The second kappa shape index (κ2) is 5.77. The summed E-state index contributed by atoms with van der Waals surface area (Å²) in [7, 11) is 1.44. The third kappa shape index (κ3) is 3.24. The fourth-order valence-corrected chi connectivity index (χ4v) is 1.91. The van der Waals surface area contributed by atoms with Crippen molar-refractivity contribution in [1.82, 2.24) is 9.97 Å². The number of nitrogens with zero attached hydrogens (tertiary/aromatic N) is 1. The van der Waals surface area contributed by atoms with Crippen molar-refractivity contribution in [3.8, 4) is 5.75 Å². The highest BCUT2D eigenvalue weighted by Crippen LogP contribution is 2.24.